The quantitative estimate of drug-likeness (QED) is 0.407. The first-order valence-electron chi connectivity index (χ1n) is 9.89. The van der Waals surface area contributed by atoms with Gasteiger partial charge in [-0.15, -0.1) is 0 Å². The average molecular weight is 509 g/mol. The fraction of sp³-hybridized carbons (Fsp3) is 0.174. The Hall–Kier alpha value is -3.18. The number of ether oxygens (including phenoxy) is 2. The zero-order valence-corrected chi connectivity index (χ0v) is 19.8. The lowest BCUT2D eigenvalue weighted by Gasteiger charge is -2.18. The first-order valence-corrected chi connectivity index (χ1v) is 11.8. The molecule has 0 aromatic heterocycles. The summed E-state index contributed by atoms with van der Waals surface area (Å²) in [5, 5.41) is 13.5. The van der Waals surface area contributed by atoms with Crippen LogP contribution in [-0.2, 0) is 14.8 Å². The Bertz CT molecular complexity index is 1300. The smallest absolute Gasteiger partial charge is 0.241 e. The molecule has 3 rings (SSSR count). The molecule has 1 atom stereocenters. The molecule has 11 heteroatoms. The number of carbonyl (C=O) groups is 1. The largest absolute Gasteiger partial charge is 0.493 e. The molecule has 34 heavy (non-hydrogen) atoms. The maximum absolute atomic E-state index is 13.9. The number of methoxy groups -OCH3 is 2. The minimum Gasteiger partial charge on any atom is -0.493 e. The van der Waals surface area contributed by atoms with Crippen molar-refractivity contribution >= 4 is 33.2 Å². The lowest BCUT2D eigenvalue weighted by atomic mass is 9.99. The fourth-order valence-electron chi connectivity index (χ4n) is 3.16. The third-order valence-corrected chi connectivity index (χ3v) is 6.61. The van der Waals surface area contributed by atoms with E-state index >= 15 is 0 Å². The Labute approximate surface area is 201 Å². The lowest BCUT2D eigenvalue weighted by molar-refractivity contribution is -0.115. The van der Waals surface area contributed by atoms with E-state index < -0.39 is 34.4 Å². The van der Waals surface area contributed by atoms with Crippen LogP contribution in [0.4, 0.5) is 10.1 Å². The van der Waals surface area contributed by atoms with Crippen LogP contribution in [0, 0.1) is 5.82 Å². The number of rotatable bonds is 9. The van der Waals surface area contributed by atoms with Gasteiger partial charge in [0.15, 0.2) is 11.5 Å². The predicted molar refractivity (Wildman–Crippen MR) is 125 cm³/mol. The van der Waals surface area contributed by atoms with E-state index in [1.165, 1.54) is 38.5 Å². The molecule has 0 bridgehead atoms. The zero-order chi connectivity index (χ0) is 24.9. The molecule has 0 fully saturated rings. The van der Waals surface area contributed by atoms with Crippen molar-refractivity contribution in [1.82, 2.24) is 4.72 Å². The second-order valence-corrected chi connectivity index (χ2v) is 9.22. The van der Waals surface area contributed by atoms with Crippen molar-refractivity contribution < 1.29 is 32.2 Å². The molecule has 3 aromatic rings. The van der Waals surface area contributed by atoms with Crippen molar-refractivity contribution in [1.29, 1.82) is 0 Å². The normalized spacial score (nSPS) is 12.1. The Balaban J connectivity index is 1.76. The van der Waals surface area contributed by atoms with Gasteiger partial charge in [0.2, 0.25) is 15.9 Å². The van der Waals surface area contributed by atoms with Crippen LogP contribution in [-0.4, -0.2) is 40.2 Å². The predicted octanol–water partition coefficient (Wildman–Crippen LogP) is 3.50. The molecule has 3 aromatic carbocycles. The first kappa shape index (κ1) is 25.4. The number of anilines is 1. The number of hydrogen-bond donors (Lipinski definition) is 3. The molecule has 180 valence electrons. The molecule has 0 aliphatic carbocycles. The SMILES string of the molecule is COc1ccc(S(=O)(=O)NCC(=O)Nc2ccc(F)cc2C(O)c2ccccc2Cl)cc1OC. The molecule has 3 N–H and O–H groups in total. The third-order valence-electron chi connectivity index (χ3n) is 4.87. The highest BCUT2D eigenvalue weighted by Gasteiger charge is 2.21. The number of aliphatic hydroxyl groups excluding tert-OH is 1. The van der Waals surface area contributed by atoms with Crippen LogP contribution in [0.1, 0.15) is 17.2 Å². The molecule has 8 nitrogen and oxygen atoms in total. The topological polar surface area (TPSA) is 114 Å². The van der Waals surface area contributed by atoms with Gasteiger partial charge < -0.3 is 19.9 Å². The molecule has 0 aliphatic heterocycles. The number of carbonyl (C=O) groups excluding carboxylic acids is 1. The average Bonchev–Trinajstić information content (AvgIpc) is 2.83. The number of sulfonamides is 1. The number of halogens is 2. The van der Waals surface area contributed by atoms with Crippen LogP contribution < -0.4 is 19.5 Å². The number of nitrogens with one attached hydrogen (secondary N) is 2. The summed E-state index contributed by atoms with van der Waals surface area (Å²) in [7, 11) is -1.28. The van der Waals surface area contributed by atoms with E-state index in [1.807, 2.05) is 0 Å². The second kappa shape index (κ2) is 10.8. The van der Waals surface area contributed by atoms with Gasteiger partial charge in [-0.1, -0.05) is 29.8 Å². The van der Waals surface area contributed by atoms with Gasteiger partial charge in [0.1, 0.15) is 11.9 Å². The van der Waals surface area contributed by atoms with Gasteiger partial charge in [-0.05, 0) is 36.4 Å². The molecule has 1 amide bonds. The highest BCUT2D eigenvalue weighted by atomic mass is 35.5. The van der Waals surface area contributed by atoms with Crippen LogP contribution in [0.2, 0.25) is 5.02 Å². The van der Waals surface area contributed by atoms with Crippen molar-refractivity contribution in [3.05, 3.63) is 82.6 Å². The summed E-state index contributed by atoms with van der Waals surface area (Å²) in [5.41, 5.74) is 0.479. The highest BCUT2D eigenvalue weighted by molar-refractivity contribution is 7.89. The van der Waals surface area contributed by atoms with Crippen molar-refractivity contribution in [2.45, 2.75) is 11.0 Å². The summed E-state index contributed by atoms with van der Waals surface area (Å²) in [6, 6.07) is 13.9. The lowest BCUT2D eigenvalue weighted by Crippen LogP contribution is -2.33. The molecule has 0 aliphatic rings. The number of hydrogen-bond acceptors (Lipinski definition) is 6. The number of amides is 1. The van der Waals surface area contributed by atoms with E-state index in [0.29, 0.717) is 11.3 Å². The summed E-state index contributed by atoms with van der Waals surface area (Å²) in [5.74, 6) is -0.809. The van der Waals surface area contributed by atoms with Crippen LogP contribution in [0.5, 0.6) is 11.5 Å². The van der Waals surface area contributed by atoms with E-state index in [-0.39, 0.29) is 26.9 Å². The maximum atomic E-state index is 13.9. The van der Waals surface area contributed by atoms with Gasteiger partial charge in [-0.25, -0.2) is 17.5 Å². The van der Waals surface area contributed by atoms with E-state index in [4.69, 9.17) is 21.1 Å². The zero-order valence-electron chi connectivity index (χ0n) is 18.2. The molecule has 0 spiro atoms. The number of aliphatic hydroxyl groups is 1. The first-order chi connectivity index (χ1) is 16.2. The van der Waals surface area contributed by atoms with Crippen LogP contribution >= 0.6 is 11.6 Å². The molecule has 0 saturated heterocycles. The summed E-state index contributed by atoms with van der Waals surface area (Å²) < 4.78 is 51.5. The van der Waals surface area contributed by atoms with E-state index in [2.05, 4.69) is 10.0 Å². The Morgan fingerprint density at radius 3 is 2.41 bits per heavy atom. The molecule has 0 radical (unpaired) electrons. The van der Waals surface area contributed by atoms with Gasteiger partial charge in [0, 0.05) is 27.9 Å². The highest BCUT2D eigenvalue weighted by Crippen LogP contribution is 2.33. The van der Waals surface area contributed by atoms with Crippen LogP contribution in [0.3, 0.4) is 0 Å². The van der Waals surface area contributed by atoms with Crippen molar-refractivity contribution in [3.8, 4) is 11.5 Å². The fourth-order valence-corrected chi connectivity index (χ4v) is 4.40. The Kier molecular flexibility index (Phi) is 8.11. The molecule has 0 saturated carbocycles. The maximum Gasteiger partial charge on any atom is 0.241 e. The van der Waals surface area contributed by atoms with Gasteiger partial charge >= 0.3 is 0 Å². The Morgan fingerprint density at radius 2 is 1.74 bits per heavy atom. The van der Waals surface area contributed by atoms with Gasteiger partial charge in [0.25, 0.3) is 0 Å². The van der Waals surface area contributed by atoms with Crippen molar-refractivity contribution in [2.24, 2.45) is 0 Å². The standard InChI is InChI=1S/C23H22ClFN2O6S/c1-32-20-10-8-15(12-21(20)33-2)34(30,31)26-13-22(28)27-19-9-7-14(25)11-17(19)23(29)16-5-3-4-6-18(16)24/h3-12,23,26,29H,13H2,1-2H3,(H,27,28). The van der Waals surface area contributed by atoms with Gasteiger partial charge in [-0.3, -0.25) is 4.79 Å². The van der Waals surface area contributed by atoms with Crippen LogP contribution in [0.15, 0.2) is 65.6 Å². The van der Waals surface area contributed by atoms with Crippen LogP contribution in [0.25, 0.3) is 0 Å². The van der Waals surface area contributed by atoms with E-state index in [1.54, 1.807) is 24.3 Å². The van der Waals surface area contributed by atoms with Gasteiger partial charge in [-0.2, -0.15) is 0 Å². The summed E-state index contributed by atoms with van der Waals surface area (Å²) in [6.45, 7) is -0.615. The summed E-state index contributed by atoms with van der Waals surface area (Å²) in [4.78, 5) is 12.4. The van der Waals surface area contributed by atoms with Gasteiger partial charge in [0.05, 0.1) is 25.7 Å². The third kappa shape index (κ3) is 5.84. The number of benzene rings is 3. The monoisotopic (exact) mass is 508 g/mol. The van der Waals surface area contributed by atoms with E-state index in [0.717, 1.165) is 12.1 Å². The molecule has 0 heterocycles. The minimum absolute atomic E-state index is 0.0594. The Morgan fingerprint density at radius 1 is 1.03 bits per heavy atom. The van der Waals surface area contributed by atoms with Crippen molar-refractivity contribution in [2.75, 3.05) is 26.1 Å². The molecule has 1 unspecified atom stereocenters. The molecular formula is C23H22ClFN2O6S. The van der Waals surface area contributed by atoms with Crippen molar-refractivity contribution in [3.63, 3.8) is 0 Å². The summed E-state index contributed by atoms with van der Waals surface area (Å²) in [6.07, 6.45) is -1.33. The summed E-state index contributed by atoms with van der Waals surface area (Å²) >= 11 is 6.13. The molecular weight excluding hydrogens is 487 g/mol. The minimum atomic E-state index is -4.06. The second-order valence-electron chi connectivity index (χ2n) is 7.05. The van der Waals surface area contributed by atoms with E-state index in [9.17, 15) is 22.7 Å².